The van der Waals surface area contributed by atoms with Crippen molar-refractivity contribution < 1.29 is 13.2 Å². The Morgan fingerprint density at radius 1 is 0.844 bits per heavy atom. The van der Waals surface area contributed by atoms with Gasteiger partial charge < -0.3 is 0 Å². The Balaban J connectivity index is 1.41. The molecule has 6 nitrogen and oxygen atoms in total. The number of para-hydroxylation sites is 1. The second-order valence-corrected chi connectivity index (χ2v) is 9.81. The molecule has 3 aromatic rings. The van der Waals surface area contributed by atoms with E-state index < -0.39 is 10.0 Å². The minimum Gasteiger partial charge on any atom is -0.281 e. The molecular weight excluding hydrogens is 422 g/mol. The molecule has 1 N–H and O–H groups in total. The SMILES string of the molecule is O=C(NN(Cc1ccccc1)c1ccccc1)C1CCN(S(=O)(=O)c2ccccc2)CC1. The van der Waals surface area contributed by atoms with Crippen molar-refractivity contribution >= 4 is 21.6 Å². The van der Waals surface area contributed by atoms with E-state index in [1.165, 1.54) is 4.31 Å². The second-order valence-electron chi connectivity index (χ2n) is 7.87. The molecule has 0 saturated carbocycles. The molecule has 0 bridgehead atoms. The summed E-state index contributed by atoms with van der Waals surface area (Å²) in [5.74, 6) is -0.319. The van der Waals surface area contributed by atoms with Gasteiger partial charge in [-0.1, -0.05) is 66.7 Å². The van der Waals surface area contributed by atoms with Gasteiger partial charge in [-0.15, -0.1) is 0 Å². The number of nitrogens with one attached hydrogen (secondary N) is 1. The highest BCUT2D eigenvalue weighted by Crippen LogP contribution is 2.24. The van der Waals surface area contributed by atoms with E-state index in [0.717, 1.165) is 11.3 Å². The maximum atomic E-state index is 13.1. The van der Waals surface area contributed by atoms with Gasteiger partial charge in [-0.25, -0.2) is 8.42 Å². The highest BCUT2D eigenvalue weighted by molar-refractivity contribution is 7.89. The number of amides is 1. The van der Waals surface area contributed by atoms with Crippen molar-refractivity contribution in [2.75, 3.05) is 18.1 Å². The lowest BCUT2D eigenvalue weighted by Gasteiger charge is -2.33. The maximum absolute atomic E-state index is 13.1. The molecule has 0 unspecified atom stereocenters. The zero-order valence-corrected chi connectivity index (χ0v) is 18.6. The van der Waals surface area contributed by atoms with Crippen LogP contribution in [-0.4, -0.2) is 31.7 Å². The van der Waals surface area contributed by atoms with Crippen LogP contribution in [0.5, 0.6) is 0 Å². The summed E-state index contributed by atoms with van der Waals surface area (Å²) in [7, 11) is -3.53. The fraction of sp³-hybridized carbons (Fsp3) is 0.240. The highest BCUT2D eigenvalue weighted by Gasteiger charge is 2.32. The van der Waals surface area contributed by atoms with Gasteiger partial charge in [0.1, 0.15) is 0 Å². The number of hydrogen-bond donors (Lipinski definition) is 1. The highest BCUT2D eigenvalue weighted by atomic mass is 32.2. The summed E-state index contributed by atoms with van der Waals surface area (Å²) < 4.78 is 27.2. The van der Waals surface area contributed by atoms with Crippen molar-refractivity contribution in [3.8, 4) is 0 Å². The largest absolute Gasteiger partial charge is 0.281 e. The van der Waals surface area contributed by atoms with Crippen molar-refractivity contribution in [3.63, 3.8) is 0 Å². The minimum absolute atomic E-state index is 0.0819. The topological polar surface area (TPSA) is 69.7 Å². The summed E-state index contributed by atoms with van der Waals surface area (Å²) in [5, 5.41) is 1.85. The van der Waals surface area contributed by atoms with Crippen LogP contribution in [0.1, 0.15) is 18.4 Å². The van der Waals surface area contributed by atoms with E-state index in [1.54, 1.807) is 30.3 Å². The van der Waals surface area contributed by atoms with Gasteiger partial charge in [-0.05, 0) is 42.7 Å². The smallest absolute Gasteiger partial charge is 0.243 e. The first-order chi connectivity index (χ1) is 15.5. The number of hydrogen-bond acceptors (Lipinski definition) is 4. The summed E-state index contributed by atoms with van der Waals surface area (Å²) in [5.41, 5.74) is 5.04. The lowest BCUT2D eigenvalue weighted by atomic mass is 9.97. The number of anilines is 1. The first kappa shape index (κ1) is 22.0. The first-order valence-electron chi connectivity index (χ1n) is 10.8. The number of hydrazine groups is 1. The van der Waals surface area contributed by atoms with Gasteiger partial charge in [0, 0.05) is 19.0 Å². The summed E-state index contributed by atoms with van der Waals surface area (Å²) in [4.78, 5) is 13.4. The normalized spacial score (nSPS) is 15.2. The van der Waals surface area contributed by atoms with Gasteiger partial charge >= 0.3 is 0 Å². The number of nitrogens with zero attached hydrogens (tertiary/aromatic N) is 2. The van der Waals surface area contributed by atoms with Gasteiger partial charge in [0.2, 0.25) is 15.9 Å². The van der Waals surface area contributed by atoms with Crippen molar-refractivity contribution in [3.05, 3.63) is 96.6 Å². The third kappa shape index (κ3) is 5.18. The lowest BCUT2D eigenvalue weighted by Crippen LogP contribution is -2.48. The third-order valence-electron chi connectivity index (χ3n) is 5.70. The van der Waals surface area contributed by atoms with Gasteiger partial charge in [0.15, 0.2) is 0 Å². The van der Waals surface area contributed by atoms with Gasteiger partial charge in [-0.2, -0.15) is 4.31 Å². The Morgan fingerprint density at radius 3 is 1.97 bits per heavy atom. The zero-order chi connectivity index (χ0) is 22.4. The predicted molar refractivity (Wildman–Crippen MR) is 125 cm³/mol. The molecule has 166 valence electrons. The van der Waals surface area contributed by atoms with Crippen LogP contribution in [0.3, 0.4) is 0 Å². The van der Waals surface area contributed by atoms with E-state index in [4.69, 9.17) is 0 Å². The first-order valence-corrected chi connectivity index (χ1v) is 12.2. The Bertz CT molecular complexity index is 1110. The van der Waals surface area contributed by atoms with Crippen LogP contribution in [0.2, 0.25) is 0 Å². The Kier molecular flexibility index (Phi) is 6.87. The summed E-state index contributed by atoms with van der Waals surface area (Å²) in [6, 6.07) is 28.1. The number of piperidine rings is 1. The molecule has 1 aliphatic heterocycles. The quantitative estimate of drug-likeness (QED) is 0.557. The van der Waals surface area contributed by atoms with Crippen LogP contribution >= 0.6 is 0 Å². The Labute approximate surface area is 189 Å². The summed E-state index contributed by atoms with van der Waals surface area (Å²) >= 11 is 0. The Hall–Kier alpha value is -3.16. The third-order valence-corrected chi connectivity index (χ3v) is 7.62. The average molecular weight is 450 g/mol. The van der Waals surface area contributed by atoms with Crippen LogP contribution in [0, 0.1) is 5.92 Å². The van der Waals surface area contributed by atoms with E-state index >= 15 is 0 Å². The molecule has 1 heterocycles. The summed E-state index contributed by atoms with van der Waals surface area (Å²) in [6.07, 6.45) is 0.984. The average Bonchev–Trinajstić information content (AvgIpc) is 2.85. The van der Waals surface area contributed by atoms with Gasteiger partial charge in [0.25, 0.3) is 0 Å². The molecule has 0 atom stereocenters. The molecule has 4 rings (SSSR count). The van der Waals surface area contributed by atoms with E-state index in [2.05, 4.69) is 5.43 Å². The molecule has 32 heavy (non-hydrogen) atoms. The molecule has 1 amide bonds. The van der Waals surface area contributed by atoms with Crippen LogP contribution in [0.4, 0.5) is 5.69 Å². The van der Waals surface area contributed by atoms with Crippen LogP contribution in [0.25, 0.3) is 0 Å². The molecular formula is C25H27N3O3S. The van der Waals surface area contributed by atoms with E-state index in [9.17, 15) is 13.2 Å². The fourth-order valence-corrected chi connectivity index (χ4v) is 5.38. The van der Waals surface area contributed by atoms with E-state index in [1.807, 2.05) is 65.7 Å². The second kappa shape index (κ2) is 9.97. The van der Waals surface area contributed by atoms with Crippen LogP contribution in [0.15, 0.2) is 95.9 Å². The van der Waals surface area contributed by atoms with Gasteiger partial charge in [-0.3, -0.25) is 15.2 Å². The molecule has 7 heteroatoms. The number of benzene rings is 3. The molecule has 1 saturated heterocycles. The lowest BCUT2D eigenvalue weighted by molar-refractivity contribution is -0.126. The summed E-state index contributed by atoms with van der Waals surface area (Å²) in [6.45, 7) is 1.20. The Morgan fingerprint density at radius 2 is 1.38 bits per heavy atom. The molecule has 0 spiro atoms. The number of sulfonamides is 1. The van der Waals surface area contributed by atoms with Crippen LogP contribution < -0.4 is 10.4 Å². The van der Waals surface area contributed by atoms with Crippen molar-refractivity contribution in [1.29, 1.82) is 0 Å². The number of rotatable bonds is 7. The van der Waals surface area contributed by atoms with E-state index in [-0.39, 0.29) is 11.8 Å². The van der Waals surface area contributed by atoms with Crippen LogP contribution in [-0.2, 0) is 21.4 Å². The van der Waals surface area contributed by atoms with Gasteiger partial charge in [0.05, 0.1) is 17.1 Å². The van der Waals surface area contributed by atoms with Crippen molar-refractivity contribution in [2.24, 2.45) is 5.92 Å². The van der Waals surface area contributed by atoms with E-state index in [0.29, 0.717) is 37.4 Å². The molecule has 3 aromatic carbocycles. The molecule has 0 aromatic heterocycles. The minimum atomic E-state index is -3.53. The monoisotopic (exact) mass is 449 g/mol. The van der Waals surface area contributed by atoms with Crippen molar-refractivity contribution in [1.82, 2.24) is 9.73 Å². The maximum Gasteiger partial charge on any atom is 0.243 e. The molecule has 1 aliphatic rings. The van der Waals surface area contributed by atoms with Crippen molar-refractivity contribution in [2.45, 2.75) is 24.3 Å². The fourth-order valence-electron chi connectivity index (χ4n) is 3.89. The zero-order valence-electron chi connectivity index (χ0n) is 17.8. The standard InChI is InChI=1S/C25H27N3O3S/c29-25(22-16-18-27(19-17-22)32(30,31)24-14-8-3-9-15-24)26-28(23-12-6-2-7-13-23)20-21-10-4-1-5-11-21/h1-15,22H,16-20H2,(H,26,29). The molecule has 1 fully saturated rings. The number of carbonyl (C=O) groups is 1. The molecule has 0 radical (unpaired) electrons. The number of carbonyl (C=O) groups excluding carboxylic acids is 1. The molecule has 0 aliphatic carbocycles. The predicted octanol–water partition coefficient (Wildman–Crippen LogP) is 3.83.